The second kappa shape index (κ2) is 22.4. The Morgan fingerprint density at radius 1 is 0.767 bits per heavy atom. The van der Waals surface area contributed by atoms with E-state index in [9.17, 15) is 38.7 Å². The number of rotatable bonds is 22. The highest BCUT2D eigenvalue weighted by Gasteiger charge is 2.35. The van der Waals surface area contributed by atoms with Crippen LogP contribution in [-0.2, 0) is 41.6 Å². The van der Waals surface area contributed by atoms with E-state index >= 15 is 0 Å². The van der Waals surface area contributed by atoms with Crippen molar-refractivity contribution in [2.75, 3.05) is 39.5 Å². The Morgan fingerprint density at radius 2 is 1.42 bits per heavy atom. The van der Waals surface area contributed by atoms with Gasteiger partial charge in [-0.05, 0) is 69.1 Å². The minimum Gasteiger partial charge on any atom is -0.481 e. The van der Waals surface area contributed by atoms with Gasteiger partial charge in [-0.3, -0.25) is 28.8 Å². The Bertz CT molecular complexity index is 2120. The molecule has 4 aromatic rings. The van der Waals surface area contributed by atoms with Crippen LogP contribution in [0.15, 0.2) is 85.1 Å². The molecule has 9 N–H and O–H groups in total. The molecule has 1 heterocycles. The molecule has 17 nitrogen and oxygen atoms in total. The molecule has 4 rings (SSSR count). The summed E-state index contributed by atoms with van der Waals surface area (Å²) in [5.41, 5.74) is 9.48. The first-order chi connectivity index (χ1) is 28.6. The molecule has 17 heteroatoms. The van der Waals surface area contributed by atoms with E-state index in [1.54, 1.807) is 67.7 Å². The summed E-state index contributed by atoms with van der Waals surface area (Å²) in [7, 11) is 4.71. The highest BCUT2D eigenvalue weighted by molar-refractivity contribution is 5.97. The van der Waals surface area contributed by atoms with Gasteiger partial charge in [-0.2, -0.15) is 0 Å². The summed E-state index contributed by atoms with van der Waals surface area (Å²) in [5, 5.41) is 24.2. The third-order valence-electron chi connectivity index (χ3n) is 9.85. The maximum atomic E-state index is 14.1. The number of hydrogen-bond acceptors (Lipinski definition) is 8. The minimum absolute atomic E-state index is 0.00581. The molecule has 0 radical (unpaired) electrons. The molecule has 0 saturated carbocycles. The average molecular weight is 826 g/mol. The third-order valence-corrected chi connectivity index (χ3v) is 9.85. The molecular formula is C43H55N9O8. The van der Waals surface area contributed by atoms with Crippen molar-refractivity contribution in [1.82, 2.24) is 36.1 Å². The SMILES string of the molecule is Cc1ccccc1NC(=O)NCCCC[C@H](NC(=O)[C@H](Cc1c[nH]c2ccccc12)NC(=O)CN(C)C)C(=O)N[C@@H](CC(=O)O)C(=O)N(C)[C@@H](Cc1ccccc1)C(N)=O. The van der Waals surface area contributed by atoms with Gasteiger partial charge in [-0.25, -0.2) is 4.79 Å². The number of anilines is 1. The molecule has 4 atom stereocenters. The molecule has 0 aliphatic rings. The molecule has 0 unspecified atom stereocenters. The molecule has 3 aromatic carbocycles. The molecule has 0 saturated heterocycles. The number of nitrogens with one attached hydrogen (secondary N) is 6. The van der Waals surface area contributed by atoms with Crippen molar-refractivity contribution >= 4 is 58.1 Å². The van der Waals surface area contributed by atoms with Crippen molar-refractivity contribution in [2.24, 2.45) is 5.73 Å². The lowest BCUT2D eigenvalue weighted by atomic mass is 10.0. The second-order valence-electron chi connectivity index (χ2n) is 14.9. The number of benzene rings is 3. The lowest BCUT2D eigenvalue weighted by Gasteiger charge is -2.30. The number of aromatic nitrogens is 1. The zero-order chi connectivity index (χ0) is 43.8. The van der Waals surface area contributed by atoms with Crippen LogP contribution in [0, 0.1) is 6.92 Å². The van der Waals surface area contributed by atoms with Crippen LogP contribution in [0.4, 0.5) is 10.5 Å². The lowest BCUT2D eigenvalue weighted by molar-refractivity contribution is -0.146. The van der Waals surface area contributed by atoms with Gasteiger partial charge in [0.1, 0.15) is 24.2 Å². The highest BCUT2D eigenvalue weighted by Crippen LogP contribution is 2.20. The van der Waals surface area contributed by atoms with Crippen molar-refractivity contribution in [3.63, 3.8) is 0 Å². The van der Waals surface area contributed by atoms with Gasteiger partial charge in [0.2, 0.25) is 29.5 Å². The van der Waals surface area contributed by atoms with E-state index in [0.29, 0.717) is 24.1 Å². The number of nitrogens with two attached hydrogens (primary N) is 1. The number of aromatic amines is 1. The van der Waals surface area contributed by atoms with Gasteiger partial charge in [0.25, 0.3) is 0 Å². The number of likely N-dealkylation sites (N-methyl/N-ethyl adjacent to an activating group) is 2. The third kappa shape index (κ3) is 14.0. The van der Waals surface area contributed by atoms with Crippen LogP contribution in [0.3, 0.4) is 0 Å². The fourth-order valence-corrected chi connectivity index (χ4v) is 6.67. The van der Waals surface area contributed by atoms with Crippen molar-refractivity contribution in [3.05, 3.63) is 102 Å². The average Bonchev–Trinajstić information content (AvgIpc) is 3.61. The molecular weight excluding hydrogens is 771 g/mol. The zero-order valence-electron chi connectivity index (χ0n) is 34.3. The normalized spacial score (nSPS) is 13.0. The van der Waals surface area contributed by atoms with Gasteiger partial charge < -0.3 is 52.2 Å². The van der Waals surface area contributed by atoms with E-state index < -0.39 is 72.1 Å². The maximum absolute atomic E-state index is 14.1. The number of primary amides is 1. The largest absolute Gasteiger partial charge is 0.481 e. The molecule has 0 spiro atoms. The number of H-pyrrole nitrogens is 1. The number of amides is 7. The van der Waals surface area contributed by atoms with Crippen molar-refractivity contribution < 1.29 is 38.7 Å². The van der Waals surface area contributed by atoms with Crippen LogP contribution in [-0.4, -0.2) is 120 Å². The van der Waals surface area contributed by atoms with E-state index in [1.165, 1.54) is 7.05 Å². The minimum atomic E-state index is -1.65. The standard InChI is InChI=1S/C43H55N9O8/c1-27-14-8-10-18-31(27)50-43(60)45-21-13-12-20-33(48-41(58)34(47-37(53)26-51(2)3)23-29-25-46-32-19-11-9-17-30(29)32)40(57)49-35(24-38(54)55)42(59)52(4)36(39(44)56)22-28-15-6-5-7-16-28/h5-11,14-19,25,33-36,46H,12-13,20-24,26H2,1-4H3,(H2,44,56)(H,47,53)(H,48,58)(H,49,57)(H,54,55)(H2,45,50,60)/t33-,34-,35-,36-/m0/s1. The van der Waals surface area contributed by atoms with Crippen LogP contribution in [0.1, 0.15) is 42.4 Å². The fraction of sp³-hybridized carbons (Fsp3) is 0.372. The Hall–Kier alpha value is -6.75. The number of aliphatic carboxylic acids is 1. The predicted octanol–water partition coefficient (Wildman–Crippen LogP) is 2.06. The number of carbonyl (C=O) groups excluding carboxylic acids is 6. The Morgan fingerprint density at radius 3 is 2.10 bits per heavy atom. The van der Waals surface area contributed by atoms with Gasteiger partial charge in [-0.15, -0.1) is 0 Å². The summed E-state index contributed by atoms with van der Waals surface area (Å²) in [6.45, 7) is 2.06. The summed E-state index contributed by atoms with van der Waals surface area (Å²) >= 11 is 0. The number of nitrogens with zero attached hydrogens (tertiary/aromatic N) is 2. The van der Waals surface area contributed by atoms with Crippen molar-refractivity contribution in [3.8, 4) is 0 Å². The molecule has 0 aliphatic heterocycles. The number of unbranched alkanes of at least 4 members (excludes halogenated alkanes) is 1. The molecule has 1 aromatic heterocycles. The van der Waals surface area contributed by atoms with Crippen molar-refractivity contribution in [1.29, 1.82) is 0 Å². The lowest BCUT2D eigenvalue weighted by Crippen LogP contribution is -2.59. The summed E-state index contributed by atoms with van der Waals surface area (Å²) in [6, 6.07) is 17.8. The van der Waals surface area contributed by atoms with E-state index in [-0.39, 0.29) is 32.4 Å². The van der Waals surface area contributed by atoms with Crippen LogP contribution in [0.25, 0.3) is 10.9 Å². The van der Waals surface area contributed by atoms with Gasteiger partial charge >= 0.3 is 12.0 Å². The maximum Gasteiger partial charge on any atom is 0.319 e. The topological polar surface area (TPSA) is 248 Å². The van der Waals surface area contributed by atoms with E-state index in [2.05, 4.69) is 31.6 Å². The van der Waals surface area contributed by atoms with Gasteiger partial charge in [0.05, 0.1) is 13.0 Å². The highest BCUT2D eigenvalue weighted by atomic mass is 16.4. The van der Waals surface area contributed by atoms with Crippen LogP contribution in [0.5, 0.6) is 0 Å². The van der Waals surface area contributed by atoms with Gasteiger partial charge in [0, 0.05) is 49.2 Å². The summed E-state index contributed by atoms with van der Waals surface area (Å²) in [6.07, 6.45) is 1.68. The van der Waals surface area contributed by atoms with E-state index in [1.807, 2.05) is 43.3 Å². The molecule has 320 valence electrons. The molecule has 0 fully saturated rings. The monoisotopic (exact) mass is 825 g/mol. The summed E-state index contributed by atoms with van der Waals surface area (Å²) in [5.74, 6) is -5.13. The summed E-state index contributed by atoms with van der Waals surface area (Å²) in [4.78, 5) is 98.2. The number of para-hydroxylation sites is 2. The van der Waals surface area contributed by atoms with Gasteiger partial charge in [-0.1, -0.05) is 66.7 Å². The first-order valence-electron chi connectivity index (χ1n) is 19.6. The first-order valence-corrected chi connectivity index (χ1v) is 19.6. The molecule has 0 bridgehead atoms. The molecule has 0 aliphatic carbocycles. The van der Waals surface area contributed by atoms with Crippen molar-refractivity contribution in [2.45, 2.75) is 69.6 Å². The molecule has 7 amide bonds. The smallest absolute Gasteiger partial charge is 0.319 e. The van der Waals surface area contributed by atoms with Gasteiger partial charge in [0.15, 0.2) is 0 Å². The first kappa shape index (κ1) is 45.9. The van der Waals surface area contributed by atoms with E-state index in [0.717, 1.165) is 26.9 Å². The Balaban J connectivity index is 1.55. The Labute approximate surface area is 348 Å². The zero-order valence-corrected chi connectivity index (χ0v) is 34.3. The number of carbonyl (C=O) groups is 7. The van der Waals surface area contributed by atoms with E-state index in [4.69, 9.17) is 5.73 Å². The number of aryl methyl sites for hydroxylation is 1. The number of carboxylic acid groups (broad SMARTS) is 1. The van der Waals surface area contributed by atoms with Crippen LogP contribution < -0.4 is 32.3 Å². The fourth-order valence-electron chi connectivity index (χ4n) is 6.67. The predicted molar refractivity (Wildman–Crippen MR) is 227 cm³/mol. The number of hydrogen-bond donors (Lipinski definition) is 8. The Kier molecular flexibility index (Phi) is 17.2. The quantitative estimate of drug-likeness (QED) is 0.0540. The number of urea groups is 1. The molecule has 60 heavy (non-hydrogen) atoms. The number of carboxylic acids is 1. The number of fused-ring (bicyclic) bond motifs is 1. The summed E-state index contributed by atoms with van der Waals surface area (Å²) < 4.78 is 0. The second-order valence-corrected chi connectivity index (χ2v) is 14.9. The van der Waals surface area contributed by atoms with Crippen LogP contribution in [0.2, 0.25) is 0 Å². The van der Waals surface area contributed by atoms with Crippen LogP contribution >= 0.6 is 0 Å².